The van der Waals surface area contributed by atoms with E-state index in [1.807, 2.05) is 6.07 Å². The monoisotopic (exact) mass is 276 g/mol. The highest BCUT2D eigenvalue weighted by Gasteiger charge is 2.34. The molecule has 1 atom stereocenters. The molecule has 0 aliphatic heterocycles. The Hall–Kier alpha value is -1.71. The van der Waals surface area contributed by atoms with Crippen molar-refractivity contribution in [2.45, 2.75) is 46.1 Å². The molecule has 0 aromatic heterocycles. The average Bonchev–Trinajstić information content (AvgIpc) is 2.71. The molecule has 0 amide bonds. The summed E-state index contributed by atoms with van der Waals surface area (Å²) in [5, 5.41) is 3.52. The van der Waals surface area contributed by atoms with Crippen LogP contribution in [-0.2, 0) is 4.74 Å². The van der Waals surface area contributed by atoms with E-state index < -0.39 is 0 Å². The van der Waals surface area contributed by atoms with Crippen molar-refractivity contribution in [3.63, 3.8) is 0 Å². The van der Waals surface area contributed by atoms with Crippen LogP contribution in [0.3, 0.4) is 0 Å². The third-order valence-corrected chi connectivity index (χ3v) is 4.15. The van der Waals surface area contributed by atoms with E-state index >= 15 is 0 Å². The lowest BCUT2D eigenvalue weighted by atomic mass is 9.87. The molecule has 1 fully saturated rings. The van der Waals surface area contributed by atoms with Gasteiger partial charge in [0.05, 0.1) is 23.5 Å². The molecule has 4 nitrogen and oxygen atoms in total. The van der Waals surface area contributed by atoms with Gasteiger partial charge in [-0.25, -0.2) is 4.79 Å². The van der Waals surface area contributed by atoms with Crippen molar-refractivity contribution < 1.29 is 9.53 Å². The average molecular weight is 276 g/mol. The Kier molecular flexibility index (Phi) is 4.21. The Morgan fingerprint density at radius 3 is 2.80 bits per heavy atom. The highest BCUT2D eigenvalue weighted by Crippen LogP contribution is 2.39. The summed E-state index contributed by atoms with van der Waals surface area (Å²) in [6.07, 6.45) is 3.63. The van der Waals surface area contributed by atoms with Gasteiger partial charge in [-0.3, -0.25) is 0 Å². The number of carbonyl (C=O) groups is 1. The largest absolute Gasteiger partial charge is 0.462 e. The molecule has 110 valence electrons. The number of rotatable bonds is 4. The van der Waals surface area contributed by atoms with Crippen molar-refractivity contribution in [1.29, 1.82) is 0 Å². The SMILES string of the molecule is CCOC(=O)c1ccc(NC2CCCC2(C)C)c(N)c1. The standard InChI is InChI=1S/C16H24N2O2/c1-4-20-15(19)11-7-8-13(12(17)10-11)18-14-6-5-9-16(14,2)3/h7-8,10,14,18H,4-6,9,17H2,1-3H3. The number of nitrogen functional groups attached to an aromatic ring is 1. The summed E-state index contributed by atoms with van der Waals surface area (Å²) < 4.78 is 4.97. The summed E-state index contributed by atoms with van der Waals surface area (Å²) in [7, 11) is 0. The first kappa shape index (κ1) is 14.7. The Balaban J connectivity index is 2.12. The van der Waals surface area contributed by atoms with E-state index in [1.54, 1.807) is 19.1 Å². The molecule has 1 aromatic carbocycles. The summed E-state index contributed by atoms with van der Waals surface area (Å²) in [5.74, 6) is -0.327. The van der Waals surface area contributed by atoms with E-state index in [0.717, 1.165) is 12.1 Å². The van der Waals surface area contributed by atoms with Crippen LogP contribution in [0.5, 0.6) is 0 Å². The number of benzene rings is 1. The molecule has 1 aromatic rings. The minimum atomic E-state index is -0.327. The predicted molar refractivity (Wildman–Crippen MR) is 81.9 cm³/mol. The van der Waals surface area contributed by atoms with Gasteiger partial charge < -0.3 is 15.8 Å². The topological polar surface area (TPSA) is 64.3 Å². The lowest BCUT2D eigenvalue weighted by molar-refractivity contribution is 0.0526. The second-order valence-electron chi connectivity index (χ2n) is 6.10. The third kappa shape index (κ3) is 3.06. The fourth-order valence-corrected chi connectivity index (χ4v) is 2.82. The number of nitrogens with one attached hydrogen (secondary N) is 1. The van der Waals surface area contributed by atoms with Gasteiger partial charge in [0.15, 0.2) is 0 Å². The molecule has 4 heteroatoms. The van der Waals surface area contributed by atoms with Crippen molar-refractivity contribution in [3.05, 3.63) is 23.8 Å². The molecule has 0 spiro atoms. The maximum atomic E-state index is 11.7. The van der Waals surface area contributed by atoms with Gasteiger partial charge in [-0.05, 0) is 43.4 Å². The van der Waals surface area contributed by atoms with Crippen LogP contribution in [0, 0.1) is 5.41 Å². The van der Waals surface area contributed by atoms with Crippen LogP contribution in [0.4, 0.5) is 11.4 Å². The van der Waals surface area contributed by atoms with Gasteiger partial charge in [-0.1, -0.05) is 20.3 Å². The lowest BCUT2D eigenvalue weighted by Gasteiger charge is -2.29. The molecule has 1 unspecified atom stereocenters. The van der Waals surface area contributed by atoms with Gasteiger partial charge in [-0.2, -0.15) is 0 Å². The highest BCUT2D eigenvalue weighted by atomic mass is 16.5. The number of hydrogen-bond acceptors (Lipinski definition) is 4. The first-order valence-electron chi connectivity index (χ1n) is 7.27. The molecule has 20 heavy (non-hydrogen) atoms. The van der Waals surface area contributed by atoms with E-state index in [2.05, 4.69) is 19.2 Å². The molecule has 0 radical (unpaired) electrons. The minimum absolute atomic E-state index is 0.284. The van der Waals surface area contributed by atoms with Crippen LogP contribution in [0.1, 0.15) is 50.4 Å². The number of ether oxygens (including phenoxy) is 1. The third-order valence-electron chi connectivity index (χ3n) is 4.15. The number of esters is 1. The summed E-state index contributed by atoms with van der Waals surface area (Å²) in [6, 6.07) is 5.75. The highest BCUT2D eigenvalue weighted by molar-refractivity contribution is 5.92. The second-order valence-corrected chi connectivity index (χ2v) is 6.10. The fourth-order valence-electron chi connectivity index (χ4n) is 2.82. The Labute approximate surface area is 120 Å². The van der Waals surface area contributed by atoms with Crippen LogP contribution in [0.25, 0.3) is 0 Å². The van der Waals surface area contributed by atoms with Crippen molar-refractivity contribution in [3.8, 4) is 0 Å². The number of nitrogens with two attached hydrogens (primary N) is 1. The van der Waals surface area contributed by atoms with Gasteiger partial charge in [0.2, 0.25) is 0 Å². The zero-order valence-electron chi connectivity index (χ0n) is 12.5. The van der Waals surface area contributed by atoms with E-state index in [-0.39, 0.29) is 11.4 Å². The molecular formula is C16H24N2O2. The van der Waals surface area contributed by atoms with Crippen LogP contribution < -0.4 is 11.1 Å². The molecule has 1 aliphatic carbocycles. The van der Waals surface area contributed by atoms with Gasteiger partial charge in [-0.15, -0.1) is 0 Å². The van der Waals surface area contributed by atoms with Crippen LogP contribution >= 0.6 is 0 Å². The molecule has 2 rings (SSSR count). The smallest absolute Gasteiger partial charge is 0.338 e. The van der Waals surface area contributed by atoms with Crippen molar-refractivity contribution >= 4 is 17.3 Å². The number of hydrogen-bond donors (Lipinski definition) is 2. The normalized spacial score (nSPS) is 20.6. The quantitative estimate of drug-likeness (QED) is 0.653. The molecule has 0 heterocycles. The Bertz CT molecular complexity index is 497. The van der Waals surface area contributed by atoms with Crippen molar-refractivity contribution in [2.24, 2.45) is 5.41 Å². The zero-order valence-corrected chi connectivity index (χ0v) is 12.5. The van der Waals surface area contributed by atoms with E-state index in [9.17, 15) is 4.79 Å². The van der Waals surface area contributed by atoms with Crippen LogP contribution in [0.15, 0.2) is 18.2 Å². The summed E-state index contributed by atoms with van der Waals surface area (Å²) in [4.78, 5) is 11.7. The summed E-state index contributed by atoms with van der Waals surface area (Å²) in [6.45, 7) is 6.72. The first-order valence-corrected chi connectivity index (χ1v) is 7.27. The Morgan fingerprint density at radius 1 is 1.50 bits per heavy atom. The molecule has 0 saturated heterocycles. The van der Waals surface area contributed by atoms with Gasteiger partial charge >= 0.3 is 5.97 Å². The van der Waals surface area contributed by atoms with Crippen molar-refractivity contribution in [2.75, 3.05) is 17.7 Å². The summed E-state index contributed by atoms with van der Waals surface area (Å²) >= 11 is 0. The maximum absolute atomic E-state index is 11.7. The van der Waals surface area contributed by atoms with E-state index in [4.69, 9.17) is 10.5 Å². The number of carbonyl (C=O) groups excluding carboxylic acids is 1. The van der Waals surface area contributed by atoms with E-state index in [0.29, 0.717) is 23.9 Å². The Morgan fingerprint density at radius 2 is 2.25 bits per heavy atom. The molecule has 0 bridgehead atoms. The van der Waals surface area contributed by atoms with Gasteiger partial charge in [0.25, 0.3) is 0 Å². The minimum Gasteiger partial charge on any atom is -0.462 e. The first-order chi connectivity index (χ1) is 9.44. The maximum Gasteiger partial charge on any atom is 0.338 e. The van der Waals surface area contributed by atoms with Crippen LogP contribution in [0.2, 0.25) is 0 Å². The lowest BCUT2D eigenvalue weighted by Crippen LogP contribution is -2.31. The second kappa shape index (κ2) is 5.73. The predicted octanol–water partition coefficient (Wildman–Crippen LogP) is 3.44. The number of anilines is 2. The van der Waals surface area contributed by atoms with E-state index in [1.165, 1.54) is 12.8 Å². The van der Waals surface area contributed by atoms with Gasteiger partial charge in [0.1, 0.15) is 0 Å². The zero-order chi connectivity index (χ0) is 14.8. The van der Waals surface area contributed by atoms with Gasteiger partial charge in [0, 0.05) is 6.04 Å². The summed E-state index contributed by atoms with van der Waals surface area (Å²) in [5.41, 5.74) is 8.33. The van der Waals surface area contributed by atoms with Crippen molar-refractivity contribution in [1.82, 2.24) is 0 Å². The molecule has 1 saturated carbocycles. The molecule has 1 aliphatic rings. The fraction of sp³-hybridized carbons (Fsp3) is 0.562. The molecular weight excluding hydrogens is 252 g/mol. The molecule has 3 N–H and O–H groups in total. The van der Waals surface area contributed by atoms with Crippen LogP contribution in [-0.4, -0.2) is 18.6 Å².